The van der Waals surface area contributed by atoms with Gasteiger partial charge in [-0.25, -0.2) is 0 Å². The molecule has 0 radical (unpaired) electrons. The van der Waals surface area contributed by atoms with E-state index in [4.69, 9.17) is 14.5 Å². The minimum absolute atomic E-state index is 0.0403. The first-order valence-electron chi connectivity index (χ1n) is 10.5. The largest absolute Gasteiger partial charge is 0.376 e. The summed E-state index contributed by atoms with van der Waals surface area (Å²) < 4.78 is 13.9. The number of morpholine rings is 1. The van der Waals surface area contributed by atoms with E-state index in [1.54, 1.807) is 0 Å². The summed E-state index contributed by atoms with van der Waals surface area (Å²) >= 11 is 0. The molecular weight excluding hydrogens is 342 g/mol. The van der Waals surface area contributed by atoms with Crippen molar-refractivity contribution >= 4 is 5.96 Å². The number of guanidine groups is 1. The number of nitrogens with one attached hydrogen (secondary N) is 1. The molecule has 7 nitrogen and oxygen atoms in total. The SMILES string of the molecule is CCNC(=NCCOC1CCCCCC1)N1CCOC(c2cnn(C)c2)C1. The first-order chi connectivity index (χ1) is 13.3. The summed E-state index contributed by atoms with van der Waals surface area (Å²) in [4.78, 5) is 7.10. The molecule has 1 N–H and O–H groups in total. The molecule has 1 aromatic rings. The van der Waals surface area contributed by atoms with Gasteiger partial charge in [0.2, 0.25) is 0 Å². The van der Waals surface area contributed by atoms with Crippen molar-refractivity contribution in [1.82, 2.24) is 20.0 Å². The lowest BCUT2D eigenvalue weighted by molar-refractivity contribution is -0.00816. The van der Waals surface area contributed by atoms with E-state index in [1.165, 1.54) is 38.5 Å². The monoisotopic (exact) mass is 377 g/mol. The van der Waals surface area contributed by atoms with Crippen molar-refractivity contribution in [2.75, 3.05) is 39.4 Å². The van der Waals surface area contributed by atoms with E-state index in [0.29, 0.717) is 25.9 Å². The highest BCUT2D eigenvalue weighted by molar-refractivity contribution is 5.80. The Labute approximate surface area is 163 Å². The molecule has 1 aliphatic heterocycles. The normalized spacial score (nSPS) is 22.7. The summed E-state index contributed by atoms with van der Waals surface area (Å²) in [6.07, 6.45) is 12.1. The summed E-state index contributed by atoms with van der Waals surface area (Å²) in [5, 5.41) is 7.69. The standard InChI is InChI=1S/C20H35N5O2/c1-3-21-20(22-10-12-26-18-8-6-4-5-7-9-18)25-11-13-27-19(16-25)17-14-23-24(2)15-17/h14-15,18-19H,3-13,16H2,1-2H3,(H,21,22). The molecule has 1 saturated carbocycles. The fraction of sp³-hybridized carbons (Fsp3) is 0.800. The van der Waals surface area contributed by atoms with Crippen LogP contribution in [0.3, 0.4) is 0 Å². The minimum atomic E-state index is 0.0403. The molecule has 1 unspecified atom stereocenters. The lowest BCUT2D eigenvalue weighted by Crippen LogP contribution is -2.48. The molecule has 1 atom stereocenters. The Kier molecular flexibility index (Phi) is 7.95. The summed E-state index contributed by atoms with van der Waals surface area (Å²) in [5.41, 5.74) is 1.12. The number of aryl methyl sites for hydroxylation is 1. The molecule has 2 heterocycles. The molecule has 0 spiro atoms. The Morgan fingerprint density at radius 1 is 1.33 bits per heavy atom. The maximum atomic E-state index is 6.08. The highest BCUT2D eigenvalue weighted by Gasteiger charge is 2.25. The van der Waals surface area contributed by atoms with E-state index < -0.39 is 0 Å². The average molecular weight is 378 g/mol. The highest BCUT2D eigenvalue weighted by Crippen LogP contribution is 2.22. The molecule has 0 aromatic carbocycles. The molecular formula is C20H35N5O2. The smallest absolute Gasteiger partial charge is 0.194 e. The number of nitrogens with zero attached hydrogens (tertiary/aromatic N) is 4. The third-order valence-electron chi connectivity index (χ3n) is 5.31. The Bertz CT molecular complexity index is 581. The molecule has 152 valence electrons. The number of hydrogen-bond acceptors (Lipinski definition) is 4. The van der Waals surface area contributed by atoms with Gasteiger partial charge < -0.3 is 19.7 Å². The molecule has 0 bridgehead atoms. The zero-order valence-corrected chi connectivity index (χ0v) is 16.9. The second kappa shape index (κ2) is 10.7. The molecule has 1 aliphatic carbocycles. The van der Waals surface area contributed by atoms with Gasteiger partial charge in [-0.3, -0.25) is 9.67 Å². The Balaban J connectivity index is 1.51. The van der Waals surface area contributed by atoms with E-state index >= 15 is 0 Å². The number of hydrogen-bond donors (Lipinski definition) is 1. The van der Waals surface area contributed by atoms with Crippen molar-refractivity contribution in [3.8, 4) is 0 Å². The minimum Gasteiger partial charge on any atom is -0.376 e. The van der Waals surface area contributed by atoms with Gasteiger partial charge in [-0.2, -0.15) is 5.10 Å². The van der Waals surface area contributed by atoms with Gasteiger partial charge in [0.05, 0.1) is 38.6 Å². The van der Waals surface area contributed by atoms with Gasteiger partial charge in [0.15, 0.2) is 5.96 Å². The van der Waals surface area contributed by atoms with Crippen molar-refractivity contribution in [3.63, 3.8) is 0 Å². The quantitative estimate of drug-likeness (QED) is 0.357. The van der Waals surface area contributed by atoms with Crippen LogP contribution in [0.4, 0.5) is 0 Å². The van der Waals surface area contributed by atoms with Crippen LogP contribution in [0, 0.1) is 0 Å². The van der Waals surface area contributed by atoms with Crippen molar-refractivity contribution in [3.05, 3.63) is 18.0 Å². The predicted octanol–water partition coefficient (Wildman–Crippen LogP) is 2.50. The summed E-state index contributed by atoms with van der Waals surface area (Å²) in [5.74, 6) is 0.958. The van der Waals surface area contributed by atoms with Crippen molar-refractivity contribution in [1.29, 1.82) is 0 Å². The zero-order chi connectivity index (χ0) is 18.9. The first-order valence-corrected chi connectivity index (χ1v) is 10.5. The van der Waals surface area contributed by atoms with Crippen LogP contribution in [0.25, 0.3) is 0 Å². The van der Waals surface area contributed by atoms with Crippen LogP contribution in [0.2, 0.25) is 0 Å². The second-order valence-corrected chi connectivity index (χ2v) is 7.47. The number of aliphatic imine (C=N–C) groups is 1. The van der Waals surface area contributed by atoms with E-state index in [9.17, 15) is 0 Å². The van der Waals surface area contributed by atoms with Crippen LogP contribution in [0.5, 0.6) is 0 Å². The summed E-state index contributed by atoms with van der Waals surface area (Å²) in [6.45, 7) is 6.72. The maximum Gasteiger partial charge on any atom is 0.194 e. The predicted molar refractivity (Wildman–Crippen MR) is 107 cm³/mol. The van der Waals surface area contributed by atoms with Crippen LogP contribution in [0.1, 0.15) is 57.1 Å². The van der Waals surface area contributed by atoms with E-state index in [0.717, 1.165) is 31.2 Å². The van der Waals surface area contributed by atoms with Gasteiger partial charge in [-0.05, 0) is 19.8 Å². The molecule has 2 aliphatic rings. The van der Waals surface area contributed by atoms with Gasteiger partial charge in [0.25, 0.3) is 0 Å². The van der Waals surface area contributed by atoms with Gasteiger partial charge in [-0.1, -0.05) is 25.7 Å². The van der Waals surface area contributed by atoms with Crippen LogP contribution < -0.4 is 5.32 Å². The number of aromatic nitrogens is 2. The molecule has 0 amide bonds. The Morgan fingerprint density at radius 3 is 2.85 bits per heavy atom. The number of ether oxygens (including phenoxy) is 2. The van der Waals surface area contributed by atoms with Crippen molar-refractivity contribution < 1.29 is 9.47 Å². The molecule has 7 heteroatoms. The van der Waals surface area contributed by atoms with Crippen LogP contribution in [-0.4, -0.2) is 66.1 Å². The van der Waals surface area contributed by atoms with Crippen molar-refractivity contribution in [2.24, 2.45) is 12.0 Å². The van der Waals surface area contributed by atoms with Crippen LogP contribution in [0.15, 0.2) is 17.4 Å². The van der Waals surface area contributed by atoms with Gasteiger partial charge >= 0.3 is 0 Å². The van der Waals surface area contributed by atoms with Crippen LogP contribution in [-0.2, 0) is 16.5 Å². The molecule has 3 rings (SSSR count). The lowest BCUT2D eigenvalue weighted by atomic mass is 10.1. The number of rotatable bonds is 6. The van der Waals surface area contributed by atoms with Crippen molar-refractivity contribution in [2.45, 2.75) is 57.7 Å². The Hall–Kier alpha value is -1.60. The Morgan fingerprint density at radius 2 is 2.15 bits per heavy atom. The van der Waals surface area contributed by atoms with Gasteiger partial charge in [0, 0.05) is 31.9 Å². The topological polar surface area (TPSA) is 63.9 Å². The summed E-state index contributed by atoms with van der Waals surface area (Å²) in [7, 11) is 1.93. The molecule has 1 saturated heterocycles. The molecule has 1 aromatic heterocycles. The average Bonchev–Trinajstić information content (AvgIpc) is 2.96. The van der Waals surface area contributed by atoms with E-state index in [1.807, 2.05) is 24.1 Å². The summed E-state index contributed by atoms with van der Waals surface area (Å²) in [6, 6.07) is 0. The second-order valence-electron chi connectivity index (χ2n) is 7.47. The molecule has 27 heavy (non-hydrogen) atoms. The van der Waals surface area contributed by atoms with Gasteiger partial charge in [0.1, 0.15) is 6.10 Å². The highest BCUT2D eigenvalue weighted by atomic mass is 16.5. The third-order valence-corrected chi connectivity index (χ3v) is 5.31. The first kappa shape index (κ1) is 20.1. The van der Waals surface area contributed by atoms with E-state index in [-0.39, 0.29) is 6.10 Å². The maximum absolute atomic E-state index is 6.08. The van der Waals surface area contributed by atoms with Crippen LogP contribution >= 0.6 is 0 Å². The third kappa shape index (κ3) is 6.21. The van der Waals surface area contributed by atoms with Gasteiger partial charge in [-0.15, -0.1) is 0 Å². The van der Waals surface area contributed by atoms with E-state index in [2.05, 4.69) is 22.2 Å². The fourth-order valence-electron chi connectivity index (χ4n) is 3.86. The lowest BCUT2D eigenvalue weighted by Gasteiger charge is -2.34. The molecule has 2 fully saturated rings. The fourth-order valence-corrected chi connectivity index (χ4v) is 3.86. The zero-order valence-electron chi connectivity index (χ0n) is 16.9.